The molecule has 2 aromatic heterocycles. The number of hydrogen-bond donors (Lipinski definition) is 0. The summed E-state index contributed by atoms with van der Waals surface area (Å²) in [6.07, 6.45) is 9.23. The van der Waals surface area contributed by atoms with Gasteiger partial charge in [-0.25, -0.2) is 4.98 Å². The lowest BCUT2D eigenvalue weighted by Crippen LogP contribution is -1.88. The van der Waals surface area contributed by atoms with E-state index < -0.39 is 0 Å². The molecule has 0 N–H and O–H groups in total. The normalized spacial score (nSPS) is 10.2. The highest BCUT2D eigenvalue weighted by molar-refractivity contribution is 5.51. The minimum Gasteiger partial charge on any atom is -0.305 e. The van der Waals surface area contributed by atoms with Crippen LogP contribution in [0.5, 0.6) is 0 Å². The van der Waals surface area contributed by atoms with Crippen LogP contribution in [0.1, 0.15) is 16.8 Å². The molecule has 2 heterocycles. The van der Waals surface area contributed by atoms with Crippen molar-refractivity contribution >= 4 is 5.65 Å². The van der Waals surface area contributed by atoms with E-state index in [1.807, 2.05) is 36.7 Å². The predicted octanol–water partition coefficient (Wildman–Crippen LogP) is 1.93. The van der Waals surface area contributed by atoms with Crippen LogP contribution in [0.3, 0.4) is 0 Å². The average molecular weight is 170 g/mol. The Morgan fingerprint density at radius 2 is 2.15 bits per heavy atom. The number of aryl methyl sites for hydroxylation is 2. The maximum atomic E-state index is 5.33. The zero-order chi connectivity index (χ0) is 9.42. The standard InChI is InChI=1S/C11H10N2/c1-4-10-5-8(2)11-12-9(3)6-13(11)7-10/h1,5-7H,2-3H3. The van der Waals surface area contributed by atoms with Gasteiger partial charge in [-0.15, -0.1) is 6.42 Å². The van der Waals surface area contributed by atoms with Gasteiger partial charge in [0, 0.05) is 18.0 Å². The molecule has 2 nitrogen and oxygen atoms in total. The highest BCUT2D eigenvalue weighted by Gasteiger charge is 2.01. The van der Waals surface area contributed by atoms with Crippen molar-refractivity contribution in [3.05, 3.63) is 35.3 Å². The molecule has 0 radical (unpaired) electrons. The molecule has 0 fully saturated rings. The van der Waals surface area contributed by atoms with Crippen molar-refractivity contribution in [3.63, 3.8) is 0 Å². The van der Waals surface area contributed by atoms with E-state index in [1.165, 1.54) is 0 Å². The Kier molecular flexibility index (Phi) is 1.60. The van der Waals surface area contributed by atoms with Crippen molar-refractivity contribution in [2.45, 2.75) is 13.8 Å². The number of imidazole rings is 1. The van der Waals surface area contributed by atoms with Crippen LogP contribution in [0.25, 0.3) is 5.65 Å². The van der Waals surface area contributed by atoms with Crippen LogP contribution < -0.4 is 0 Å². The fourth-order valence-corrected chi connectivity index (χ4v) is 1.47. The van der Waals surface area contributed by atoms with E-state index in [0.29, 0.717) is 0 Å². The van der Waals surface area contributed by atoms with Crippen molar-refractivity contribution in [2.75, 3.05) is 0 Å². The van der Waals surface area contributed by atoms with Gasteiger partial charge in [0.05, 0.1) is 5.69 Å². The topological polar surface area (TPSA) is 17.3 Å². The van der Waals surface area contributed by atoms with E-state index >= 15 is 0 Å². The second-order valence-corrected chi connectivity index (χ2v) is 3.17. The molecule has 0 saturated carbocycles. The van der Waals surface area contributed by atoms with Gasteiger partial charge >= 0.3 is 0 Å². The first-order valence-electron chi connectivity index (χ1n) is 4.13. The quantitative estimate of drug-likeness (QED) is 0.552. The number of nitrogens with zero attached hydrogens (tertiary/aromatic N) is 2. The average Bonchev–Trinajstić information content (AvgIpc) is 2.46. The third-order valence-electron chi connectivity index (χ3n) is 2.02. The van der Waals surface area contributed by atoms with Gasteiger partial charge in [0.25, 0.3) is 0 Å². The molecule has 0 bridgehead atoms. The molecular weight excluding hydrogens is 160 g/mol. The number of fused-ring (bicyclic) bond motifs is 1. The maximum absolute atomic E-state index is 5.33. The summed E-state index contributed by atoms with van der Waals surface area (Å²) in [6.45, 7) is 3.99. The van der Waals surface area contributed by atoms with Crippen LogP contribution in [0, 0.1) is 26.2 Å². The van der Waals surface area contributed by atoms with Gasteiger partial charge in [-0.3, -0.25) is 0 Å². The first kappa shape index (κ1) is 7.88. The van der Waals surface area contributed by atoms with Gasteiger partial charge in [-0.05, 0) is 25.5 Å². The highest BCUT2D eigenvalue weighted by Crippen LogP contribution is 2.11. The van der Waals surface area contributed by atoms with E-state index in [9.17, 15) is 0 Å². The van der Waals surface area contributed by atoms with E-state index in [-0.39, 0.29) is 0 Å². The van der Waals surface area contributed by atoms with Crippen molar-refractivity contribution in [1.82, 2.24) is 9.38 Å². The zero-order valence-corrected chi connectivity index (χ0v) is 7.70. The molecule has 2 rings (SSSR count). The summed E-state index contributed by atoms with van der Waals surface area (Å²) < 4.78 is 1.97. The molecule has 0 spiro atoms. The van der Waals surface area contributed by atoms with Crippen LogP contribution in [-0.2, 0) is 0 Å². The molecule has 13 heavy (non-hydrogen) atoms. The molecule has 0 aliphatic heterocycles. The maximum Gasteiger partial charge on any atom is 0.139 e. The van der Waals surface area contributed by atoms with Crippen molar-refractivity contribution in [3.8, 4) is 12.3 Å². The molecule has 0 amide bonds. The number of rotatable bonds is 0. The fourth-order valence-electron chi connectivity index (χ4n) is 1.47. The van der Waals surface area contributed by atoms with Crippen molar-refractivity contribution < 1.29 is 0 Å². The van der Waals surface area contributed by atoms with E-state index in [2.05, 4.69) is 10.9 Å². The summed E-state index contributed by atoms with van der Waals surface area (Å²) in [7, 11) is 0. The number of terminal acetylenes is 1. The summed E-state index contributed by atoms with van der Waals surface area (Å²) in [5.74, 6) is 2.62. The monoisotopic (exact) mass is 170 g/mol. The molecular formula is C11H10N2. The van der Waals surface area contributed by atoms with E-state index in [1.54, 1.807) is 0 Å². The van der Waals surface area contributed by atoms with Crippen molar-refractivity contribution in [1.29, 1.82) is 0 Å². The van der Waals surface area contributed by atoms with Crippen molar-refractivity contribution in [2.24, 2.45) is 0 Å². The molecule has 0 atom stereocenters. The van der Waals surface area contributed by atoms with Gasteiger partial charge in [0.2, 0.25) is 0 Å². The van der Waals surface area contributed by atoms with Crippen LogP contribution in [0.2, 0.25) is 0 Å². The number of hydrogen-bond acceptors (Lipinski definition) is 1. The number of pyridine rings is 1. The van der Waals surface area contributed by atoms with Crippen LogP contribution >= 0.6 is 0 Å². The molecule has 0 aliphatic rings. The number of aromatic nitrogens is 2. The summed E-state index contributed by atoms with van der Waals surface area (Å²) in [5.41, 5.74) is 4.00. The van der Waals surface area contributed by atoms with Gasteiger partial charge in [0.15, 0.2) is 0 Å². The van der Waals surface area contributed by atoms with E-state index in [0.717, 1.165) is 22.5 Å². The lowest BCUT2D eigenvalue weighted by molar-refractivity contribution is 1.15. The first-order chi connectivity index (χ1) is 6.20. The van der Waals surface area contributed by atoms with Gasteiger partial charge in [-0.2, -0.15) is 0 Å². The first-order valence-corrected chi connectivity index (χ1v) is 4.13. The Labute approximate surface area is 77.2 Å². The predicted molar refractivity (Wildman–Crippen MR) is 52.6 cm³/mol. The molecule has 0 aromatic carbocycles. The molecule has 0 aliphatic carbocycles. The fraction of sp³-hybridized carbons (Fsp3) is 0.182. The van der Waals surface area contributed by atoms with E-state index in [4.69, 9.17) is 6.42 Å². The summed E-state index contributed by atoms with van der Waals surface area (Å²) >= 11 is 0. The van der Waals surface area contributed by atoms with Gasteiger partial charge < -0.3 is 4.40 Å². The third-order valence-corrected chi connectivity index (χ3v) is 2.02. The summed E-state index contributed by atoms with van der Waals surface area (Å²) in [5, 5.41) is 0. The Morgan fingerprint density at radius 1 is 1.38 bits per heavy atom. The Bertz CT molecular complexity index is 501. The Morgan fingerprint density at radius 3 is 2.85 bits per heavy atom. The Hall–Kier alpha value is -1.75. The smallest absolute Gasteiger partial charge is 0.139 e. The second-order valence-electron chi connectivity index (χ2n) is 3.17. The largest absolute Gasteiger partial charge is 0.305 e. The Balaban J connectivity index is 2.85. The van der Waals surface area contributed by atoms with Crippen LogP contribution in [0.15, 0.2) is 18.5 Å². The van der Waals surface area contributed by atoms with Gasteiger partial charge in [-0.1, -0.05) is 5.92 Å². The second kappa shape index (κ2) is 2.63. The molecule has 2 aromatic rings. The highest BCUT2D eigenvalue weighted by atomic mass is 15.0. The minimum atomic E-state index is 0.891. The minimum absolute atomic E-state index is 0.891. The summed E-state index contributed by atoms with van der Waals surface area (Å²) in [4.78, 5) is 4.38. The summed E-state index contributed by atoms with van der Waals surface area (Å²) in [6, 6.07) is 1.97. The zero-order valence-electron chi connectivity index (χ0n) is 7.70. The van der Waals surface area contributed by atoms with Crippen LogP contribution in [0.4, 0.5) is 0 Å². The molecule has 0 saturated heterocycles. The molecule has 0 unspecified atom stereocenters. The lowest BCUT2D eigenvalue weighted by atomic mass is 10.2. The third kappa shape index (κ3) is 1.19. The molecule has 2 heteroatoms. The SMILES string of the molecule is C#Cc1cc(C)c2nc(C)cn2c1. The molecule has 64 valence electrons. The van der Waals surface area contributed by atoms with Crippen LogP contribution in [-0.4, -0.2) is 9.38 Å². The lowest BCUT2D eigenvalue weighted by Gasteiger charge is -1.98. The van der Waals surface area contributed by atoms with Gasteiger partial charge in [0.1, 0.15) is 5.65 Å².